The molecule has 2 aromatic carbocycles. The van der Waals surface area contributed by atoms with E-state index in [9.17, 15) is 31.2 Å². The number of fused-ring (bicyclic) bond motifs is 1. The first-order valence-electron chi connectivity index (χ1n) is 8.40. The van der Waals surface area contributed by atoms with Gasteiger partial charge in [0, 0.05) is 5.02 Å². The summed E-state index contributed by atoms with van der Waals surface area (Å²) >= 11 is 11.8. The topological polar surface area (TPSA) is 89.0 Å². The number of sulfone groups is 1. The molecule has 0 atom stereocenters. The molecule has 3 aromatic rings. The second kappa shape index (κ2) is 7.75. The van der Waals surface area contributed by atoms with Gasteiger partial charge < -0.3 is 4.98 Å². The van der Waals surface area contributed by atoms with Crippen molar-refractivity contribution in [3.05, 3.63) is 72.3 Å². The minimum absolute atomic E-state index is 0.0503. The van der Waals surface area contributed by atoms with Crippen LogP contribution in [0.1, 0.15) is 18.1 Å². The molecule has 0 amide bonds. The van der Waals surface area contributed by atoms with Crippen LogP contribution in [-0.4, -0.2) is 23.7 Å². The zero-order valence-electron chi connectivity index (χ0n) is 15.2. The first-order chi connectivity index (χ1) is 13.8. The molecule has 0 saturated carbocycles. The van der Waals surface area contributed by atoms with E-state index in [0.717, 1.165) is 0 Å². The average Bonchev–Trinajstić information content (AvgIpc) is 2.65. The maximum Gasteiger partial charge on any atom is 0.416 e. The van der Waals surface area contributed by atoms with Crippen LogP contribution in [-0.2, 0) is 22.6 Å². The van der Waals surface area contributed by atoms with E-state index in [1.165, 1.54) is 25.1 Å². The van der Waals surface area contributed by atoms with Gasteiger partial charge in [-0.1, -0.05) is 30.1 Å². The maximum absolute atomic E-state index is 13.1. The molecular formula is C18H13Cl2F3N2O4S. The van der Waals surface area contributed by atoms with Gasteiger partial charge >= 0.3 is 11.9 Å². The normalized spacial score (nSPS) is 12.5. The Morgan fingerprint density at radius 3 is 2.37 bits per heavy atom. The Morgan fingerprint density at radius 1 is 1.10 bits per heavy atom. The van der Waals surface area contributed by atoms with Gasteiger partial charge in [0.2, 0.25) is 0 Å². The van der Waals surface area contributed by atoms with Crippen LogP contribution in [0.15, 0.2) is 44.8 Å². The number of aromatic nitrogens is 2. The van der Waals surface area contributed by atoms with E-state index < -0.39 is 49.8 Å². The van der Waals surface area contributed by atoms with Gasteiger partial charge in [0.1, 0.15) is 0 Å². The Kier molecular flexibility index (Phi) is 5.78. The highest BCUT2D eigenvalue weighted by Gasteiger charge is 2.32. The van der Waals surface area contributed by atoms with Gasteiger partial charge in [-0.15, -0.1) is 0 Å². The Morgan fingerprint density at radius 2 is 1.77 bits per heavy atom. The molecule has 0 aliphatic rings. The molecule has 0 aliphatic heterocycles. The van der Waals surface area contributed by atoms with Crippen LogP contribution < -0.4 is 11.2 Å². The highest BCUT2D eigenvalue weighted by atomic mass is 35.5. The fourth-order valence-electron chi connectivity index (χ4n) is 2.92. The third-order valence-corrected chi connectivity index (χ3v) is 6.80. The molecule has 1 heterocycles. The summed E-state index contributed by atoms with van der Waals surface area (Å²) in [4.78, 5) is 27.4. The van der Waals surface area contributed by atoms with Crippen LogP contribution in [0.2, 0.25) is 10.0 Å². The molecule has 30 heavy (non-hydrogen) atoms. The Bertz CT molecular complexity index is 1380. The number of H-pyrrole nitrogens is 1. The zero-order chi connectivity index (χ0) is 22.4. The van der Waals surface area contributed by atoms with Crippen LogP contribution in [0.25, 0.3) is 10.9 Å². The van der Waals surface area contributed by atoms with Crippen LogP contribution in [0.3, 0.4) is 0 Å². The number of aromatic amines is 1. The fourth-order valence-corrected chi connectivity index (χ4v) is 4.49. The smallest absolute Gasteiger partial charge is 0.305 e. The molecule has 1 aromatic heterocycles. The van der Waals surface area contributed by atoms with Crippen LogP contribution >= 0.6 is 23.2 Å². The van der Waals surface area contributed by atoms with Crippen molar-refractivity contribution < 1.29 is 21.6 Å². The summed E-state index contributed by atoms with van der Waals surface area (Å²) in [6.45, 7) is 0.899. The first kappa shape index (κ1) is 22.4. The third-order valence-electron chi connectivity index (χ3n) is 4.44. The van der Waals surface area contributed by atoms with Crippen LogP contribution in [0, 0.1) is 0 Å². The number of hydrogen-bond donors (Lipinski definition) is 1. The van der Waals surface area contributed by atoms with E-state index in [2.05, 4.69) is 4.98 Å². The summed E-state index contributed by atoms with van der Waals surface area (Å²) in [5.74, 6) is -0.241. The molecule has 0 saturated heterocycles. The van der Waals surface area contributed by atoms with Crippen molar-refractivity contribution in [3.63, 3.8) is 0 Å². The minimum atomic E-state index is -4.76. The number of benzene rings is 2. The molecular weight excluding hydrogens is 468 g/mol. The van der Waals surface area contributed by atoms with Gasteiger partial charge in [-0.05, 0) is 35.9 Å². The van der Waals surface area contributed by atoms with Crippen molar-refractivity contribution in [1.82, 2.24) is 9.55 Å². The van der Waals surface area contributed by atoms with E-state index >= 15 is 0 Å². The largest absolute Gasteiger partial charge is 0.416 e. The van der Waals surface area contributed by atoms with Gasteiger partial charge in [-0.25, -0.2) is 13.2 Å². The third kappa shape index (κ3) is 4.12. The van der Waals surface area contributed by atoms with Gasteiger partial charge in [0.25, 0.3) is 5.56 Å². The van der Waals surface area contributed by atoms with Crippen molar-refractivity contribution in [3.8, 4) is 0 Å². The number of nitrogens with one attached hydrogen (secondary N) is 1. The summed E-state index contributed by atoms with van der Waals surface area (Å²) in [6, 6.07) is 5.05. The number of halogens is 5. The summed E-state index contributed by atoms with van der Waals surface area (Å²) in [7, 11) is -3.72. The van der Waals surface area contributed by atoms with E-state index in [-0.39, 0.29) is 26.8 Å². The molecule has 0 bridgehead atoms. The van der Waals surface area contributed by atoms with Crippen molar-refractivity contribution in [2.75, 3.05) is 5.75 Å². The second-order valence-electron chi connectivity index (χ2n) is 6.36. The van der Waals surface area contributed by atoms with E-state index in [4.69, 9.17) is 23.2 Å². The fraction of sp³-hybridized carbons (Fsp3) is 0.222. The highest BCUT2D eigenvalue weighted by Crippen LogP contribution is 2.33. The molecule has 0 radical (unpaired) electrons. The average molecular weight is 481 g/mol. The lowest BCUT2D eigenvalue weighted by molar-refractivity contribution is -0.137. The first-order valence-corrected chi connectivity index (χ1v) is 10.8. The molecule has 0 spiro atoms. The van der Waals surface area contributed by atoms with Crippen molar-refractivity contribution in [2.24, 2.45) is 0 Å². The van der Waals surface area contributed by atoms with Crippen LogP contribution in [0.4, 0.5) is 13.2 Å². The number of alkyl halides is 3. The van der Waals surface area contributed by atoms with E-state index in [1.807, 2.05) is 0 Å². The number of nitrogens with zero attached hydrogens (tertiary/aromatic N) is 1. The molecule has 160 valence electrons. The number of rotatable bonds is 4. The lowest BCUT2D eigenvalue weighted by atomic mass is 10.1. The van der Waals surface area contributed by atoms with E-state index in [0.29, 0.717) is 16.7 Å². The Balaban J connectivity index is 2.28. The SMILES string of the molecule is CCS(=O)(=O)c1ccc(Cl)cc1Cn1c(=O)[nH]c2c(Cl)cc(C(F)(F)F)cc2c1=O. The molecule has 12 heteroatoms. The predicted octanol–water partition coefficient (Wildman–Crippen LogP) is 3.86. The van der Waals surface area contributed by atoms with Crippen molar-refractivity contribution >= 4 is 43.9 Å². The summed E-state index contributed by atoms with van der Waals surface area (Å²) in [5, 5.41) is -0.748. The van der Waals surface area contributed by atoms with Gasteiger partial charge in [-0.3, -0.25) is 9.36 Å². The number of hydrogen-bond acceptors (Lipinski definition) is 4. The van der Waals surface area contributed by atoms with Gasteiger partial charge in [0.05, 0.1) is 38.7 Å². The molecule has 0 aliphatic carbocycles. The summed E-state index contributed by atoms with van der Waals surface area (Å²) < 4.78 is 64.6. The summed E-state index contributed by atoms with van der Waals surface area (Å²) in [6.07, 6.45) is -4.76. The molecule has 6 nitrogen and oxygen atoms in total. The minimum Gasteiger partial charge on any atom is -0.305 e. The van der Waals surface area contributed by atoms with Gasteiger partial charge in [0.15, 0.2) is 9.84 Å². The van der Waals surface area contributed by atoms with Crippen molar-refractivity contribution in [1.29, 1.82) is 0 Å². The van der Waals surface area contributed by atoms with E-state index in [1.54, 1.807) is 0 Å². The molecule has 0 unspecified atom stereocenters. The highest BCUT2D eigenvalue weighted by molar-refractivity contribution is 7.91. The molecule has 3 rings (SSSR count). The van der Waals surface area contributed by atoms with Gasteiger partial charge in [-0.2, -0.15) is 13.2 Å². The maximum atomic E-state index is 13.1. The molecule has 0 fully saturated rings. The zero-order valence-corrected chi connectivity index (χ0v) is 17.5. The van der Waals surface area contributed by atoms with Crippen molar-refractivity contribution in [2.45, 2.75) is 24.5 Å². The van der Waals surface area contributed by atoms with Crippen LogP contribution in [0.5, 0.6) is 0 Å². The molecule has 1 N–H and O–H groups in total. The second-order valence-corrected chi connectivity index (χ2v) is 9.45. The lowest BCUT2D eigenvalue weighted by Crippen LogP contribution is -2.36. The Labute approximate surface area is 177 Å². The Hall–Kier alpha value is -2.30. The summed E-state index contributed by atoms with van der Waals surface area (Å²) in [5.41, 5.74) is -3.37. The lowest BCUT2D eigenvalue weighted by Gasteiger charge is -2.13. The quantitative estimate of drug-likeness (QED) is 0.613. The monoisotopic (exact) mass is 480 g/mol. The predicted molar refractivity (Wildman–Crippen MR) is 107 cm³/mol. The standard InChI is InChI=1S/C18H13Cl2F3N2O4S/c1-2-30(28,29)14-4-3-11(19)5-9(14)8-25-16(26)12-6-10(18(21,22)23)7-13(20)15(12)24-17(25)27/h3-7H,2,8H2,1H3,(H,24,27).